The van der Waals surface area contributed by atoms with E-state index in [-0.39, 0.29) is 72.8 Å². The normalized spacial score (nSPS) is 15.3. The first-order chi connectivity index (χ1) is 35.5. The van der Waals surface area contributed by atoms with Gasteiger partial charge in [0, 0.05) is 63.7 Å². The molecule has 5 heterocycles. The van der Waals surface area contributed by atoms with Crippen molar-refractivity contribution in [1.82, 2.24) is 25.3 Å². The minimum atomic E-state index is -0.501. The predicted molar refractivity (Wildman–Crippen MR) is 309 cm³/mol. The number of allylic oxidation sites excluding steroid dienone is 2. The number of aromatic nitrogens is 4. The third kappa shape index (κ3) is 15.8. The van der Waals surface area contributed by atoms with Crippen molar-refractivity contribution in [3.8, 4) is 5.75 Å². The Labute approximate surface area is 463 Å². The monoisotopic (exact) mass is 1030 g/mol. The molecule has 0 aliphatic carbocycles. The number of aryl methyl sites for hydroxylation is 3. The molecular formula is C63H85MgN5O6+2. The Morgan fingerprint density at radius 2 is 1.45 bits per heavy atom. The zero-order valence-electron chi connectivity index (χ0n) is 47.4. The summed E-state index contributed by atoms with van der Waals surface area (Å²) in [6.45, 7) is 26.5. The van der Waals surface area contributed by atoms with Crippen LogP contribution in [0.5, 0.6) is 5.75 Å². The first-order valence-electron chi connectivity index (χ1n) is 27.4. The Hall–Kier alpha value is -5.46. The molecule has 8 bridgehead atoms. The minimum absolute atomic E-state index is 0. The van der Waals surface area contributed by atoms with Gasteiger partial charge in [-0.3, -0.25) is 19.4 Å². The number of benzene rings is 1. The maximum atomic E-state index is 14.7. The SMILES string of the molecule is C=Cc1c(C)c2cc3nc(c(CC(=O)OC)c4nc(cc5[nH]c(cc1[nH]2)c(C)c5CC)C(C)=C4C(=O)NCc1ccc(OC)cc1)C(CCC(=O)OCC=C(C)CCCC(C)CCCC(C)CCCC(C)C)C3C.[Mg+2]. The van der Waals surface area contributed by atoms with Crippen LogP contribution in [0, 0.1) is 31.6 Å². The van der Waals surface area contributed by atoms with E-state index in [4.69, 9.17) is 24.2 Å². The van der Waals surface area contributed by atoms with Crippen molar-refractivity contribution < 1.29 is 28.6 Å². The van der Waals surface area contributed by atoms with Gasteiger partial charge in [0.1, 0.15) is 12.4 Å². The van der Waals surface area contributed by atoms with Gasteiger partial charge in [0.05, 0.1) is 43.3 Å². The van der Waals surface area contributed by atoms with Crippen molar-refractivity contribution in [1.29, 1.82) is 0 Å². The fourth-order valence-corrected chi connectivity index (χ4v) is 10.8. The van der Waals surface area contributed by atoms with E-state index in [1.165, 1.54) is 57.6 Å². The topological polar surface area (TPSA) is 148 Å². The first kappa shape index (κ1) is 60.4. The molecule has 75 heavy (non-hydrogen) atoms. The van der Waals surface area contributed by atoms with Crippen molar-refractivity contribution in [2.24, 2.45) is 17.8 Å². The van der Waals surface area contributed by atoms with Crippen molar-refractivity contribution in [2.45, 2.75) is 171 Å². The van der Waals surface area contributed by atoms with Gasteiger partial charge in [-0.05, 0) is 135 Å². The molecule has 6 rings (SSSR count). The number of H-pyrrole nitrogens is 2. The number of hydrogen-bond donors (Lipinski definition) is 3. The summed E-state index contributed by atoms with van der Waals surface area (Å²) in [7, 11) is 2.97. The second kappa shape index (κ2) is 28.6. The van der Waals surface area contributed by atoms with Gasteiger partial charge < -0.3 is 29.5 Å². The third-order valence-electron chi connectivity index (χ3n) is 15.6. The van der Waals surface area contributed by atoms with Crippen molar-refractivity contribution in [3.63, 3.8) is 0 Å². The molecule has 3 aromatic heterocycles. The Kier molecular flexibility index (Phi) is 23.0. The third-order valence-corrected chi connectivity index (χ3v) is 15.6. The number of hydrogen-bond acceptors (Lipinski definition) is 8. The summed E-state index contributed by atoms with van der Waals surface area (Å²) in [4.78, 5) is 60.0. The van der Waals surface area contributed by atoms with Crippen LogP contribution in [-0.4, -0.2) is 81.7 Å². The first-order valence-corrected chi connectivity index (χ1v) is 27.4. The van der Waals surface area contributed by atoms with Gasteiger partial charge in [-0.1, -0.05) is 117 Å². The van der Waals surface area contributed by atoms with E-state index in [9.17, 15) is 14.4 Å². The molecule has 4 atom stereocenters. The molecule has 11 nitrogen and oxygen atoms in total. The van der Waals surface area contributed by atoms with E-state index in [1.807, 2.05) is 49.4 Å². The van der Waals surface area contributed by atoms with Crippen molar-refractivity contribution in [2.75, 3.05) is 20.8 Å². The predicted octanol–water partition coefficient (Wildman–Crippen LogP) is 14.3. The van der Waals surface area contributed by atoms with E-state index in [0.29, 0.717) is 46.1 Å². The summed E-state index contributed by atoms with van der Waals surface area (Å²) >= 11 is 0. The fourth-order valence-electron chi connectivity index (χ4n) is 10.8. The van der Waals surface area contributed by atoms with Gasteiger partial charge in [0.15, 0.2) is 0 Å². The molecule has 1 aromatic carbocycles. The van der Waals surface area contributed by atoms with E-state index in [0.717, 1.165) is 92.4 Å². The molecular weight excluding hydrogens is 947 g/mol. The van der Waals surface area contributed by atoms with Crippen LogP contribution in [0.2, 0.25) is 0 Å². The molecule has 2 aliphatic rings. The van der Waals surface area contributed by atoms with Gasteiger partial charge >= 0.3 is 35.0 Å². The van der Waals surface area contributed by atoms with E-state index >= 15 is 0 Å². The van der Waals surface area contributed by atoms with Crippen LogP contribution in [0.4, 0.5) is 0 Å². The van der Waals surface area contributed by atoms with E-state index < -0.39 is 5.97 Å². The maximum Gasteiger partial charge on any atom is 2.00 e. The number of carbonyl (C=O) groups excluding carboxylic acids is 3. The molecule has 1 amide bonds. The number of esters is 2. The molecule has 0 spiro atoms. The molecule has 3 N–H and O–H groups in total. The fraction of sp³-hybridized carbons (Fsp3) is 0.508. The standard InChI is InChI=1S/C63H85N5O6.Mg/c1-14-48-42(8)52-34-54-44(10)50(29-30-58(69)74-32-31-41(7)24-18-23-40(6)22-17-21-39(5)20-16-19-38(3)4)61(67-54)51(33-59(70)73-13)62-60(63(71)64-37-46-25-27-47(72-12)28-26-46)45(11)55(68-62)36-57-49(15-2)43(9)53(66-57)35-56(48)65-52;/h14,25-28,31,34-36,38-40,44,50,65-66H,1,15-24,29-30,32-33,37H2,2-13H3,(H,64,71);/q;+2. The summed E-state index contributed by atoms with van der Waals surface area (Å²) in [5.74, 6) is 1.34. The van der Waals surface area contributed by atoms with Crippen LogP contribution in [0.25, 0.3) is 39.3 Å². The average molecular weight is 1030 g/mol. The van der Waals surface area contributed by atoms with Gasteiger partial charge in [0.2, 0.25) is 0 Å². The summed E-state index contributed by atoms with van der Waals surface area (Å²) < 4.78 is 16.6. The quantitative estimate of drug-likeness (QED) is 0.0338. The zero-order valence-corrected chi connectivity index (χ0v) is 48.9. The van der Waals surface area contributed by atoms with E-state index in [1.54, 1.807) is 7.11 Å². The van der Waals surface area contributed by atoms with Gasteiger partial charge in [-0.25, -0.2) is 4.98 Å². The van der Waals surface area contributed by atoms with Gasteiger partial charge in [0.25, 0.3) is 5.91 Å². The van der Waals surface area contributed by atoms with Crippen LogP contribution in [-0.2, 0) is 43.2 Å². The zero-order chi connectivity index (χ0) is 53.6. The number of aromatic amines is 2. The smallest absolute Gasteiger partial charge is 0.497 e. The molecule has 12 heteroatoms. The number of nitrogens with zero attached hydrogens (tertiary/aromatic N) is 2. The molecule has 0 saturated heterocycles. The Bertz CT molecular complexity index is 2870. The molecule has 398 valence electrons. The number of nitrogens with one attached hydrogen (secondary N) is 3. The van der Waals surface area contributed by atoms with Crippen LogP contribution in [0.3, 0.4) is 0 Å². The van der Waals surface area contributed by atoms with Gasteiger partial charge in [-0.2, -0.15) is 0 Å². The largest absolute Gasteiger partial charge is 2.00 e. The number of carbonyl (C=O) groups is 3. The Morgan fingerprint density at radius 3 is 2.09 bits per heavy atom. The molecule has 4 unspecified atom stereocenters. The molecule has 0 fully saturated rings. The van der Waals surface area contributed by atoms with Crippen LogP contribution < -0.4 is 10.1 Å². The Balaban J connectivity index is 0.0000104. The Morgan fingerprint density at radius 1 is 0.800 bits per heavy atom. The maximum absolute atomic E-state index is 14.7. The molecule has 0 radical (unpaired) electrons. The number of amides is 1. The second-order valence-corrected chi connectivity index (χ2v) is 21.6. The van der Waals surface area contributed by atoms with Crippen LogP contribution >= 0.6 is 0 Å². The van der Waals surface area contributed by atoms with Crippen LogP contribution in [0.15, 0.2) is 60.7 Å². The number of rotatable bonds is 25. The summed E-state index contributed by atoms with van der Waals surface area (Å²) in [6, 6.07) is 13.7. The minimum Gasteiger partial charge on any atom is -0.497 e. The number of methoxy groups -OCH3 is 2. The molecule has 0 saturated carbocycles. The molecule has 4 aromatic rings. The second-order valence-electron chi connectivity index (χ2n) is 21.6. The molecule has 2 aliphatic heterocycles. The van der Waals surface area contributed by atoms with Crippen LogP contribution in [0.1, 0.15) is 194 Å². The van der Waals surface area contributed by atoms with Gasteiger partial charge in [-0.15, -0.1) is 0 Å². The number of ether oxygens (including phenoxy) is 3. The van der Waals surface area contributed by atoms with E-state index in [2.05, 4.69) is 96.3 Å². The van der Waals surface area contributed by atoms with Crippen molar-refractivity contribution in [3.05, 3.63) is 117 Å². The number of fused-ring (bicyclic) bond motifs is 8. The van der Waals surface area contributed by atoms with Crippen molar-refractivity contribution >= 4 is 80.2 Å². The average Bonchev–Trinajstić information content (AvgIpc) is 4.06. The summed E-state index contributed by atoms with van der Waals surface area (Å²) in [5.41, 5.74) is 13.7. The summed E-state index contributed by atoms with van der Waals surface area (Å²) in [6.07, 6.45) is 16.2. The summed E-state index contributed by atoms with van der Waals surface area (Å²) in [5, 5.41) is 3.14.